The van der Waals surface area contributed by atoms with Gasteiger partial charge in [0.1, 0.15) is 5.82 Å². The lowest BCUT2D eigenvalue weighted by Crippen LogP contribution is -2.17. The molecule has 20 heavy (non-hydrogen) atoms. The molecular weight excluding hydrogens is 250 g/mol. The van der Waals surface area contributed by atoms with E-state index in [0.717, 1.165) is 5.69 Å². The average Bonchev–Trinajstić information content (AvgIpc) is 2.48. The zero-order valence-corrected chi connectivity index (χ0v) is 11.1. The second-order valence-corrected chi connectivity index (χ2v) is 4.70. The minimum absolute atomic E-state index is 0.0743. The van der Waals surface area contributed by atoms with Gasteiger partial charge in [0, 0.05) is 5.69 Å². The Morgan fingerprint density at radius 3 is 2.55 bits per heavy atom. The molecule has 0 bridgehead atoms. The molecule has 0 saturated heterocycles. The van der Waals surface area contributed by atoms with Crippen LogP contribution in [0.5, 0.6) is 0 Å². The molecule has 0 radical (unpaired) electrons. The molecule has 0 aliphatic heterocycles. The lowest BCUT2D eigenvalue weighted by Gasteiger charge is -2.14. The first-order valence-corrected chi connectivity index (χ1v) is 6.54. The predicted octanol–water partition coefficient (Wildman–Crippen LogP) is 3.10. The first kappa shape index (κ1) is 12.4. The van der Waals surface area contributed by atoms with E-state index in [-0.39, 0.29) is 11.6 Å². The van der Waals surface area contributed by atoms with Gasteiger partial charge in [0.2, 0.25) is 0 Å². The molecule has 0 saturated carbocycles. The quantitative estimate of drug-likeness (QED) is 0.765. The number of anilines is 1. The van der Waals surface area contributed by atoms with Crippen molar-refractivity contribution in [1.29, 1.82) is 0 Å². The molecule has 3 rings (SSSR count). The van der Waals surface area contributed by atoms with E-state index in [9.17, 15) is 4.79 Å². The van der Waals surface area contributed by atoms with E-state index in [2.05, 4.69) is 15.3 Å². The molecule has 2 aromatic carbocycles. The number of para-hydroxylation sites is 2. The molecule has 100 valence electrons. The van der Waals surface area contributed by atoms with Crippen molar-refractivity contribution in [3.63, 3.8) is 0 Å². The fourth-order valence-corrected chi connectivity index (χ4v) is 2.16. The third-order valence-corrected chi connectivity index (χ3v) is 3.20. The largest absolute Gasteiger partial charge is 0.375 e. The van der Waals surface area contributed by atoms with E-state index < -0.39 is 0 Å². The number of H-pyrrole nitrogens is 1. The molecule has 1 heterocycles. The van der Waals surface area contributed by atoms with Gasteiger partial charge >= 0.3 is 0 Å². The highest BCUT2D eigenvalue weighted by molar-refractivity contribution is 5.77. The molecule has 0 fully saturated rings. The fraction of sp³-hybridized carbons (Fsp3) is 0.125. The maximum absolute atomic E-state index is 12.0. The lowest BCUT2D eigenvalue weighted by atomic mass is 10.2. The van der Waals surface area contributed by atoms with Crippen LogP contribution in [0.25, 0.3) is 10.9 Å². The van der Waals surface area contributed by atoms with E-state index in [0.29, 0.717) is 16.7 Å². The Labute approximate surface area is 116 Å². The Morgan fingerprint density at radius 1 is 1.05 bits per heavy atom. The first-order chi connectivity index (χ1) is 9.74. The fourth-order valence-electron chi connectivity index (χ4n) is 2.16. The van der Waals surface area contributed by atoms with Crippen LogP contribution in [0.2, 0.25) is 0 Å². The van der Waals surface area contributed by atoms with E-state index in [1.807, 2.05) is 55.5 Å². The molecule has 4 nitrogen and oxygen atoms in total. The molecule has 1 atom stereocenters. The molecule has 0 aliphatic carbocycles. The van der Waals surface area contributed by atoms with Crippen molar-refractivity contribution in [2.45, 2.75) is 13.0 Å². The van der Waals surface area contributed by atoms with Gasteiger partial charge in [-0.2, -0.15) is 0 Å². The van der Waals surface area contributed by atoms with Crippen molar-refractivity contribution in [3.8, 4) is 0 Å². The Kier molecular flexibility index (Phi) is 3.21. The molecule has 0 aliphatic rings. The van der Waals surface area contributed by atoms with Crippen molar-refractivity contribution in [3.05, 3.63) is 70.8 Å². The molecule has 1 aromatic heterocycles. The first-order valence-electron chi connectivity index (χ1n) is 6.54. The summed E-state index contributed by atoms with van der Waals surface area (Å²) in [6.07, 6.45) is 0. The molecular formula is C16H15N3O. The van der Waals surface area contributed by atoms with Gasteiger partial charge in [0.25, 0.3) is 5.56 Å². The summed E-state index contributed by atoms with van der Waals surface area (Å²) in [5, 5.41) is 3.93. The number of aromatic amines is 1. The van der Waals surface area contributed by atoms with Crippen LogP contribution in [0.3, 0.4) is 0 Å². The SMILES string of the molecule is CC(Nc1ccccc1)c1nc2ccccc2c(=O)[nH]1. The summed E-state index contributed by atoms with van der Waals surface area (Å²) >= 11 is 0. The Hall–Kier alpha value is -2.62. The number of rotatable bonds is 3. The highest BCUT2D eigenvalue weighted by atomic mass is 16.1. The van der Waals surface area contributed by atoms with Crippen LogP contribution in [0.4, 0.5) is 5.69 Å². The topological polar surface area (TPSA) is 57.8 Å². The highest BCUT2D eigenvalue weighted by Gasteiger charge is 2.10. The summed E-state index contributed by atoms with van der Waals surface area (Å²) in [7, 11) is 0. The van der Waals surface area contributed by atoms with E-state index in [4.69, 9.17) is 0 Å². The molecule has 2 N–H and O–H groups in total. The minimum Gasteiger partial charge on any atom is -0.375 e. The average molecular weight is 265 g/mol. The van der Waals surface area contributed by atoms with Crippen LogP contribution in [0.15, 0.2) is 59.4 Å². The second-order valence-electron chi connectivity index (χ2n) is 4.70. The third kappa shape index (κ3) is 2.40. The standard InChI is InChI=1S/C16H15N3O/c1-11(17-12-7-3-2-4-8-12)15-18-14-10-6-5-9-13(14)16(20)19-15/h2-11,17H,1H3,(H,18,19,20). The maximum atomic E-state index is 12.0. The van der Waals surface area contributed by atoms with Gasteiger partial charge in [-0.25, -0.2) is 4.98 Å². The molecule has 3 aromatic rings. The second kappa shape index (κ2) is 5.17. The maximum Gasteiger partial charge on any atom is 0.258 e. The van der Waals surface area contributed by atoms with E-state index >= 15 is 0 Å². The summed E-state index contributed by atoms with van der Waals surface area (Å²) in [6.45, 7) is 1.97. The van der Waals surface area contributed by atoms with E-state index in [1.54, 1.807) is 6.07 Å². The van der Waals surface area contributed by atoms with Gasteiger partial charge in [-0.1, -0.05) is 30.3 Å². The molecule has 0 amide bonds. The number of nitrogens with zero attached hydrogens (tertiary/aromatic N) is 1. The minimum atomic E-state index is -0.104. The van der Waals surface area contributed by atoms with Crippen LogP contribution in [-0.2, 0) is 0 Å². The van der Waals surface area contributed by atoms with Crippen molar-refractivity contribution in [1.82, 2.24) is 9.97 Å². The third-order valence-electron chi connectivity index (χ3n) is 3.20. The van der Waals surface area contributed by atoms with Crippen molar-refractivity contribution >= 4 is 16.6 Å². The lowest BCUT2D eigenvalue weighted by molar-refractivity contribution is 0.791. The van der Waals surface area contributed by atoms with Crippen LogP contribution in [-0.4, -0.2) is 9.97 Å². The molecule has 0 spiro atoms. The normalized spacial score (nSPS) is 12.2. The summed E-state index contributed by atoms with van der Waals surface area (Å²) in [5.74, 6) is 0.637. The molecule has 1 unspecified atom stereocenters. The number of benzene rings is 2. The van der Waals surface area contributed by atoms with Crippen molar-refractivity contribution in [2.75, 3.05) is 5.32 Å². The van der Waals surface area contributed by atoms with Crippen LogP contribution in [0.1, 0.15) is 18.8 Å². The monoisotopic (exact) mass is 265 g/mol. The summed E-state index contributed by atoms with van der Waals surface area (Å²) in [6, 6.07) is 17.1. The smallest absolute Gasteiger partial charge is 0.258 e. The van der Waals surface area contributed by atoms with Gasteiger partial charge in [-0.3, -0.25) is 4.79 Å². The van der Waals surface area contributed by atoms with E-state index in [1.165, 1.54) is 0 Å². The highest BCUT2D eigenvalue weighted by Crippen LogP contribution is 2.16. The van der Waals surface area contributed by atoms with Gasteiger partial charge in [-0.15, -0.1) is 0 Å². The number of aromatic nitrogens is 2. The summed E-state index contributed by atoms with van der Waals surface area (Å²) < 4.78 is 0. The number of nitrogens with one attached hydrogen (secondary N) is 2. The van der Waals surface area contributed by atoms with Crippen LogP contribution in [0, 0.1) is 0 Å². The van der Waals surface area contributed by atoms with Crippen LogP contribution >= 0.6 is 0 Å². The summed E-state index contributed by atoms with van der Waals surface area (Å²) in [5.41, 5.74) is 1.61. The van der Waals surface area contributed by atoms with Crippen LogP contribution < -0.4 is 10.9 Å². The summed E-state index contributed by atoms with van der Waals surface area (Å²) in [4.78, 5) is 19.4. The van der Waals surface area contributed by atoms with Gasteiger partial charge in [-0.05, 0) is 31.2 Å². The number of hydrogen-bond acceptors (Lipinski definition) is 3. The molecule has 4 heteroatoms. The zero-order chi connectivity index (χ0) is 13.9. The Morgan fingerprint density at radius 2 is 1.75 bits per heavy atom. The predicted molar refractivity (Wildman–Crippen MR) is 80.8 cm³/mol. The Balaban J connectivity index is 1.96. The van der Waals surface area contributed by atoms with Gasteiger partial charge in [0.15, 0.2) is 0 Å². The number of hydrogen-bond donors (Lipinski definition) is 2. The van der Waals surface area contributed by atoms with Crippen molar-refractivity contribution < 1.29 is 0 Å². The van der Waals surface area contributed by atoms with Gasteiger partial charge < -0.3 is 10.3 Å². The van der Waals surface area contributed by atoms with Crippen molar-refractivity contribution in [2.24, 2.45) is 0 Å². The Bertz CT molecular complexity index is 780. The van der Waals surface area contributed by atoms with Gasteiger partial charge in [0.05, 0.1) is 16.9 Å². The zero-order valence-electron chi connectivity index (χ0n) is 11.1. The number of fused-ring (bicyclic) bond motifs is 1.